The van der Waals surface area contributed by atoms with Crippen LogP contribution in [0.3, 0.4) is 0 Å². The van der Waals surface area contributed by atoms with E-state index in [1.165, 1.54) is 17.5 Å². The summed E-state index contributed by atoms with van der Waals surface area (Å²) in [6, 6.07) is 10.9. The van der Waals surface area contributed by atoms with E-state index in [-0.39, 0.29) is 5.91 Å². The number of carbonyl (C=O) groups is 1. The molecule has 4 heterocycles. The van der Waals surface area contributed by atoms with Gasteiger partial charge in [-0.25, -0.2) is 4.98 Å². The Kier molecular flexibility index (Phi) is 4.05. The smallest absolute Gasteiger partial charge is 0.259 e. The number of aromatic nitrogens is 3. The Bertz CT molecular complexity index is 983. The maximum atomic E-state index is 12.3. The van der Waals surface area contributed by atoms with Crippen LogP contribution >= 0.6 is 11.3 Å². The van der Waals surface area contributed by atoms with E-state index in [0.29, 0.717) is 22.1 Å². The van der Waals surface area contributed by atoms with Crippen LogP contribution in [0.1, 0.15) is 10.4 Å². The molecule has 0 bridgehead atoms. The highest BCUT2D eigenvalue weighted by Gasteiger charge is 2.18. The second-order valence-corrected chi connectivity index (χ2v) is 6.10. The van der Waals surface area contributed by atoms with E-state index in [1.54, 1.807) is 43.1 Å². The van der Waals surface area contributed by atoms with E-state index >= 15 is 0 Å². The van der Waals surface area contributed by atoms with Crippen molar-refractivity contribution in [3.63, 3.8) is 0 Å². The van der Waals surface area contributed by atoms with Crippen LogP contribution in [0.2, 0.25) is 0 Å². The first-order valence-electron chi connectivity index (χ1n) is 7.48. The molecule has 122 valence electrons. The molecule has 0 fully saturated rings. The van der Waals surface area contributed by atoms with E-state index in [0.717, 1.165) is 10.4 Å². The number of hydrogen-bond donors (Lipinski definition) is 1. The summed E-state index contributed by atoms with van der Waals surface area (Å²) in [6.45, 7) is 0. The summed E-state index contributed by atoms with van der Waals surface area (Å²) in [5, 5.41) is 3.31. The molecule has 4 rings (SSSR count). The van der Waals surface area contributed by atoms with E-state index in [4.69, 9.17) is 4.42 Å². The molecule has 6 nitrogen and oxygen atoms in total. The summed E-state index contributed by atoms with van der Waals surface area (Å²) in [7, 11) is 0. The van der Waals surface area contributed by atoms with Gasteiger partial charge in [-0.2, -0.15) is 0 Å². The number of anilines is 1. The lowest BCUT2D eigenvalue weighted by molar-refractivity contribution is 0.102. The van der Waals surface area contributed by atoms with Crippen molar-refractivity contribution in [1.82, 2.24) is 15.0 Å². The monoisotopic (exact) mass is 348 g/mol. The highest BCUT2D eigenvalue weighted by molar-refractivity contribution is 7.19. The zero-order valence-electron chi connectivity index (χ0n) is 12.9. The fraction of sp³-hybridized carbons (Fsp3) is 0. The van der Waals surface area contributed by atoms with Gasteiger partial charge in [-0.1, -0.05) is 11.3 Å². The minimum atomic E-state index is -0.255. The molecule has 4 aromatic heterocycles. The summed E-state index contributed by atoms with van der Waals surface area (Å²) < 4.78 is 5.49. The molecular weight excluding hydrogens is 336 g/mol. The average molecular weight is 348 g/mol. The third kappa shape index (κ3) is 3.17. The Morgan fingerprint density at radius 1 is 1.04 bits per heavy atom. The van der Waals surface area contributed by atoms with Crippen molar-refractivity contribution < 1.29 is 9.21 Å². The van der Waals surface area contributed by atoms with E-state index in [1.807, 2.05) is 18.2 Å². The highest BCUT2D eigenvalue weighted by Crippen LogP contribution is 2.39. The lowest BCUT2D eigenvalue weighted by Gasteiger charge is -2.00. The summed E-state index contributed by atoms with van der Waals surface area (Å²) in [6.07, 6.45) is 8.17. The van der Waals surface area contributed by atoms with Crippen LogP contribution in [0.5, 0.6) is 0 Å². The molecule has 0 saturated carbocycles. The van der Waals surface area contributed by atoms with Crippen molar-refractivity contribution in [3.05, 3.63) is 73.0 Å². The number of nitrogens with zero attached hydrogens (tertiary/aromatic N) is 3. The Morgan fingerprint density at radius 2 is 1.92 bits per heavy atom. The number of furan rings is 1. The van der Waals surface area contributed by atoms with E-state index < -0.39 is 0 Å². The van der Waals surface area contributed by atoms with Crippen molar-refractivity contribution >= 4 is 22.4 Å². The van der Waals surface area contributed by atoms with Gasteiger partial charge in [0.1, 0.15) is 5.69 Å². The zero-order chi connectivity index (χ0) is 17.1. The highest BCUT2D eigenvalue weighted by atomic mass is 32.1. The standard InChI is InChI=1S/C18H12N4O2S/c23-17(13-3-1-7-20-11-13)22-18-21-15(14-4-2-10-24-14)16(25-18)12-5-8-19-9-6-12/h1-11H,(H,21,22,23). The summed E-state index contributed by atoms with van der Waals surface area (Å²) in [4.78, 5) is 25.8. The quantitative estimate of drug-likeness (QED) is 0.600. The number of amides is 1. The molecule has 0 saturated heterocycles. The first-order valence-corrected chi connectivity index (χ1v) is 8.29. The van der Waals surface area contributed by atoms with Gasteiger partial charge in [0.2, 0.25) is 0 Å². The van der Waals surface area contributed by atoms with Crippen molar-refractivity contribution in [2.24, 2.45) is 0 Å². The Balaban J connectivity index is 1.71. The van der Waals surface area contributed by atoms with Crippen LogP contribution in [-0.2, 0) is 0 Å². The van der Waals surface area contributed by atoms with Crippen LogP contribution in [-0.4, -0.2) is 20.9 Å². The summed E-state index contributed by atoms with van der Waals surface area (Å²) >= 11 is 1.38. The number of pyridine rings is 2. The van der Waals surface area contributed by atoms with Gasteiger partial charge >= 0.3 is 0 Å². The topological polar surface area (TPSA) is 80.9 Å². The largest absolute Gasteiger partial charge is 0.463 e. The lowest BCUT2D eigenvalue weighted by Crippen LogP contribution is -2.11. The zero-order valence-corrected chi connectivity index (χ0v) is 13.7. The van der Waals surface area contributed by atoms with E-state index in [2.05, 4.69) is 20.3 Å². The predicted octanol–water partition coefficient (Wildman–Crippen LogP) is 4.11. The van der Waals surface area contributed by atoms with Crippen LogP contribution in [0, 0.1) is 0 Å². The third-order valence-corrected chi connectivity index (χ3v) is 4.49. The maximum absolute atomic E-state index is 12.3. The van der Waals surface area contributed by atoms with Crippen LogP contribution < -0.4 is 5.32 Å². The van der Waals surface area contributed by atoms with Crippen LogP contribution in [0.25, 0.3) is 21.9 Å². The van der Waals surface area contributed by atoms with Gasteiger partial charge < -0.3 is 4.42 Å². The van der Waals surface area contributed by atoms with Gasteiger partial charge in [0.25, 0.3) is 5.91 Å². The first kappa shape index (κ1) is 15.2. The molecule has 0 aromatic carbocycles. The van der Waals surface area contributed by atoms with Gasteiger partial charge in [0.15, 0.2) is 10.9 Å². The van der Waals surface area contributed by atoms with E-state index in [9.17, 15) is 4.79 Å². The Hall–Kier alpha value is -3.32. The van der Waals surface area contributed by atoms with Crippen molar-refractivity contribution in [1.29, 1.82) is 0 Å². The number of hydrogen-bond acceptors (Lipinski definition) is 6. The van der Waals surface area contributed by atoms with Gasteiger partial charge in [-0.05, 0) is 42.0 Å². The molecule has 0 aliphatic heterocycles. The van der Waals surface area contributed by atoms with Gasteiger partial charge in [0, 0.05) is 24.8 Å². The molecule has 0 spiro atoms. The normalized spacial score (nSPS) is 10.6. The number of rotatable bonds is 4. The summed E-state index contributed by atoms with van der Waals surface area (Å²) in [5.41, 5.74) is 2.12. The third-order valence-electron chi connectivity index (χ3n) is 3.47. The second-order valence-electron chi connectivity index (χ2n) is 5.11. The fourth-order valence-corrected chi connectivity index (χ4v) is 3.29. The lowest BCUT2D eigenvalue weighted by atomic mass is 10.2. The van der Waals surface area contributed by atoms with Gasteiger partial charge in [-0.15, -0.1) is 0 Å². The molecule has 0 aliphatic carbocycles. The molecule has 0 radical (unpaired) electrons. The number of thiazole rings is 1. The van der Waals surface area contributed by atoms with Gasteiger partial charge in [0.05, 0.1) is 16.7 Å². The number of nitrogens with one attached hydrogen (secondary N) is 1. The molecule has 1 N–H and O–H groups in total. The SMILES string of the molecule is O=C(Nc1nc(-c2ccco2)c(-c2ccncc2)s1)c1cccnc1. The molecule has 0 aliphatic rings. The van der Waals surface area contributed by atoms with Crippen molar-refractivity contribution in [2.75, 3.05) is 5.32 Å². The van der Waals surface area contributed by atoms with Crippen molar-refractivity contribution in [3.8, 4) is 21.9 Å². The van der Waals surface area contributed by atoms with Gasteiger partial charge in [-0.3, -0.25) is 20.1 Å². The molecule has 7 heteroatoms. The minimum Gasteiger partial charge on any atom is -0.463 e. The molecule has 25 heavy (non-hydrogen) atoms. The Morgan fingerprint density at radius 3 is 2.64 bits per heavy atom. The minimum absolute atomic E-state index is 0.255. The van der Waals surface area contributed by atoms with Crippen molar-refractivity contribution in [2.45, 2.75) is 0 Å². The molecule has 1 amide bonds. The molecule has 4 aromatic rings. The molecule has 0 unspecified atom stereocenters. The average Bonchev–Trinajstić information content (AvgIpc) is 3.33. The number of carbonyl (C=O) groups excluding carboxylic acids is 1. The van der Waals surface area contributed by atoms with Crippen LogP contribution in [0.4, 0.5) is 5.13 Å². The predicted molar refractivity (Wildman–Crippen MR) is 95.2 cm³/mol. The maximum Gasteiger partial charge on any atom is 0.259 e. The van der Waals surface area contributed by atoms with Crippen LogP contribution in [0.15, 0.2) is 71.9 Å². The summed E-state index contributed by atoms with van der Waals surface area (Å²) in [5.74, 6) is 0.388. The second kappa shape index (κ2) is 6.66. The fourth-order valence-electron chi connectivity index (χ4n) is 2.32. The molecule has 0 atom stereocenters. The first-order chi connectivity index (χ1) is 12.3. The molecular formula is C18H12N4O2S. The Labute approximate surface area is 147 Å².